The molecule has 1 N–H and O–H groups in total. The molecule has 0 amide bonds. The van der Waals surface area contributed by atoms with Crippen LogP contribution in [-0.4, -0.2) is 30.3 Å². The Morgan fingerprint density at radius 3 is 2.94 bits per heavy atom. The summed E-state index contributed by atoms with van der Waals surface area (Å²) in [7, 11) is 0. The molecule has 3 aromatic heterocycles. The molecule has 17 heavy (non-hydrogen) atoms. The van der Waals surface area contributed by atoms with Crippen molar-refractivity contribution in [2.75, 3.05) is 0 Å². The molecular formula is C8H4N6O3. The van der Waals surface area contributed by atoms with Crippen molar-refractivity contribution in [3.05, 3.63) is 28.5 Å². The molecule has 3 aromatic rings. The monoisotopic (exact) mass is 232 g/mol. The summed E-state index contributed by atoms with van der Waals surface area (Å²) in [5, 5.41) is 20.4. The number of fused-ring (bicyclic) bond motifs is 1. The molecule has 3 rings (SSSR count). The van der Waals surface area contributed by atoms with E-state index in [4.69, 9.17) is 4.42 Å². The maximum atomic E-state index is 10.8. The van der Waals surface area contributed by atoms with E-state index in [2.05, 4.69) is 25.4 Å². The van der Waals surface area contributed by atoms with Gasteiger partial charge in [-0.2, -0.15) is 10.2 Å². The number of hydrogen-bond donors (Lipinski definition) is 1. The maximum absolute atomic E-state index is 10.8. The summed E-state index contributed by atoms with van der Waals surface area (Å²) >= 11 is 0. The van der Waals surface area contributed by atoms with E-state index in [0.717, 1.165) is 0 Å². The van der Waals surface area contributed by atoms with E-state index < -0.39 is 10.7 Å². The number of nitrogens with one attached hydrogen (secondary N) is 1. The molecule has 0 unspecified atom stereocenters. The fourth-order valence-corrected chi connectivity index (χ4v) is 1.38. The third-order valence-electron chi connectivity index (χ3n) is 2.08. The molecule has 0 atom stereocenters. The van der Waals surface area contributed by atoms with Gasteiger partial charge in [-0.1, -0.05) is 0 Å². The largest absolute Gasteiger partial charge is 0.459 e. The van der Waals surface area contributed by atoms with Gasteiger partial charge in [-0.3, -0.25) is 0 Å². The van der Waals surface area contributed by atoms with E-state index >= 15 is 0 Å². The summed E-state index contributed by atoms with van der Waals surface area (Å²) in [4.78, 5) is 18.0. The van der Waals surface area contributed by atoms with Crippen molar-refractivity contribution in [1.29, 1.82) is 0 Å². The Morgan fingerprint density at radius 2 is 2.24 bits per heavy atom. The van der Waals surface area contributed by atoms with E-state index in [-0.39, 0.29) is 17.0 Å². The van der Waals surface area contributed by atoms with Crippen molar-refractivity contribution in [3.63, 3.8) is 0 Å². The van der Waals surface area contributed by atoms with Crippen LogP contribution in [0.25, 0.3) is 22.7 Å². The highest BCUT2D eigenvalue weighted by Crippen LogP contribution is 2.23. The zero-order valence-corrected chi connectivity index (χ0v) is 8.19. The third kappa shape index (κ3) is 1.40. The summed E-state index contributed by atoms with van der Waals surface area (Å²) in [6, 6.07) is 3.24. The molecule has 0 saturated carbocycles. The molecule has 0 aliphatic carbocycles. The van der Waals surface area contributed by atoms with Crippen LogP contribution in [0.5, 0.6) is 0 Å². The minimum Gasteiger partial charge on any atom is -0.459 e. The summed E-state index contributed by atoms with van der Waals surface area (Å²) in [6.07, 6.45) is 1.43. The van der Waals surface area contributed by atoms with Crippen LogP contribution in [-0.2, 0) is 0 Å². The van der Waals surface area contributed by atoms with Gasteiger partial charge in [0.2, 0.25) is 11.2 Å². The first-order chi connectivity index (χ1) is 8.25. The molecule has 0 aliphatic rings. The zero-order valence-electron chi connectivity index (χ0n) is 8.19. The van der Waals surface area contributed by atoms with Gasteiger partial charge in [0.1, 0.15) is 0 Å². The number of H-pyrrole nitrogens is 1. The Labute approximate surface area is 92.6 Å². The maximum Gasteiger partial charge on any atom is 0.397 e. The van der Waals surface area contributed by atoms with Crippen molar-refractivity contribution in [1.82, 2.24) is 25.4 Å². The number of rotatable bonds is 2. The average molecular weight is 232 g/mol. The van der Waals surface area contributed by atoms with Gasteiger partial charge in [-0.05, 0) is 22.0 Å². The number of hydrogen-bond acceptors (Lipinski definition) is 7. The molecule has 0 spiro atoms. The lowest BCUT2D eigenvalue weighted by Crippen LogP contribution is -1.98. The minimum absolute atomic E-state index is 0.0188. The molecule has 3 heterocycles. The van der Waals surface area contributed by atoms with Crippen molar-refractivity contribution < 1.29 is 9.34 Å². The van der Waals surface area contributed by atoms with E-state index in [1.54, 1.807) is 12.1 Å². The van der Waals surface area contributed by atoms with Gasteiger partial charge in [0.25, 0.3) is 0 Å². The van der Waals surface area contributed by atoms with E-state index in [1.807, 2.05) is 0 Å². The lowest BCUT2D eigenvalue weighted by molar-refractivity contribution is -0.387. The zero-order chi connectivity index (χ0) is 11.8. The van der Waals surface area contributed by atoms with Crippen LogP contribution in [0.3, 0.4) is 0 Å². The van der Waals surface area contributed by atoms with Crippen molar-refractivity contribution in [3.8, 4) is 11.6 Å². The standard InChI is InChI=1S/C8H4N6O3/c15-14(16)8-5-7(12-13-11-5)9-6(10-8)4-2-1-3-17-4/h1-3H,(H,9,10,11,12,13). The Balaban J connectivity index is 2.31. The first-order valence-electron chi connectivity index (χ1n) is 4.52. The Kier molecular flexibility index (Phi) is 1.84. The molecule has 0 fully saturated rings. The van der Waals surface area contributed by atoms with Crippen molar-refractivity contribution in [2.45, 2.75) is 0 Å². The highest BCUT2D eigenvalue weighted by atomic mass is 16.6. The van der Waals surface area contributed by atoms with Gasteiger partial charge in [0, 0.05) is 0 Å². The van der Waals surface area contributed by atoms with Gasteiger partial charge in [-0.15, -0.1) is 10.2 Å². The van der Waals surface area contributed by atoms with Crippen LogP contribution >= 0.6 is 0 Å². The van der Waals surface area contributed by atoms with E-state index in [9.17, 15) is 10.1 Å². The number of aromatic nitrogens is 5. The second kappa shape index (κ2) is 3.33. The van der Waals surface area contributed by atoms with Crippen LogP contribution in [0.4, 0.5) is 5.82 Å². The quantitative estimate of drug-likeness (QED) is 0.514. The highest BCUT2D eigenvalue weighted by Gasteiger charge is 2.23. The Hall–Kier alpha value is -2.84. The predicted molar refractivity (Wildman–Crippen MR) is 53.8 cm³/mol. The minimum atomic E-state index is -0.640. The lowest BCUT2D eigenvalue weighted by Gasteiger charge is -1.93. The lowest BCUT2D eigenvalue weighted by atomic mass is 10.4. The van der Waals surface area contributed by atoms with Gasteiger partial charge in [0.05, 0.1) is 6.26 Å². The summed E-state index contributed by atoms with van der Waals surface area (Å²) in [5.41, 5.74) is 0.142. The molecule has 84 valence electrons. The Morgan fingerprint density at radius 1 is 1.35 bits per heavy atom. The number of nitro groups is 1. The second-order valence-electron chi connectivity index (χ2n) is 3.10. The smallest absolute Gasteiger partial charge is 0.397 e. The molecule has 0 saturated heterocycles. The van der Waals surface area contributed by atoms with Gasteiger partial charge in [0.15, 0.2) is 5.76 Å². The van der Waals surface area contributed by atoms with Crippen LogP contribution < -0.4 is 0 Å². The second-order valence-corrected chi connectivity index (χ2v) is 3.10. The molecule has 0 radical (unpaired) electrons. The molecule has 0 aromatic carbocycles. The molecule has 9 heteroatoms. The third-order valence-corrected chi connectivity index (χ3v) is 2.08. The van der Waals surface area contributed by atoms with Crippen LogP contribution in [0, 0.1) is 10.1 Å². The molecule has 9 nitrogen and oxygen atoms in total. The van der Waals surface area contributed by atoms with Crippen molar-refractivity contribution >= 4 is 17.0 Å². The van der Waals surface area contributed by atoms with Crippen molar-refractivity contribution in [2.24, 2.45) is 0 Å². The fraction of sp³-hybridized carbons (Fsp3) is 0. The van der Waals surface area contributed by atoms with Gasteiger partial charge < -0.3 is 14.5 Å². The van der Waals surface area contributed by atoms with Crippen LogP contribution in [0.2, 0.25) is 0 Å². The van der Waals surface area contributed by atoms with Crippen LogP contribution in [0.15, 0.2) is 22.8 Å². The predicted octanol–water partition coefficient (Wildman–Crippen LogP) is 0.916. The first kappa shape index (κ1) is 9.39. The first-order valence-corrected chi connectivity index (χ1v) is 4.52. The number of furan rings is 1. The van der Waals surface area contributed by atoms with Crippen LogP contribution in [0.1, 0.15) is 0 Å². The summed E-state index contributed by atoms with van der Waals surface area (Å²) < 4.78 is 5.07. The summed E-state index contributed by atoms with van der Waals surface area (Å²) in [6.45, 7) is 0. The summed E-state index contributed by atoms with van der Waals surface area (Å²) in [5.74, 6) is 0.0243. The SMILES string of the molecule is O=[N+]([O-])c1nc(-c2ccco2)nc2n[nH]nc12. The Bertz CT molecular complexity index is 688. The fourth-order valence-electron chi connectivity index (χ4n) is 1.38. The highest BCUT2D eigenvalue weighted by molar-refractivity contribution is 5.79. The normalized spacial score (nSPS) is 10.8. The molecule has 0 aliphatic heterocycles. The van der Waals surface area contributed by atoms with Gasteiger partial charge >= 0.3 is 11.6 Å². The number of aromatic amines is 1. The molecular weight excluding hydrogens is 228 g/mol. The molecule has 0 bridgehead atoms. The topological polar surface area (TPSA) is 124 Å². The average Bonchev–Trinajstić information content (AvgIpc) is 2.98. The number of nitrogens with zero attached hydrogens (tertiary/aromatic N) is 5. The van der Waals surface area contributed by atoms with Gasteiger partial charge in [-0.25, -0.2) is 0 Å². The van der Waals surface area contributed by atoms with E-state index in [1.165, 1.54) is 6.26 Å². The van der Waals surface area contributed by atoms with E-state index in [0.29, 0.717) is 5.76 Å².